The van der Waals surface area contributed by atoms with E-state index in [0.717, 1.165) is 5.56 Å². The van der Waals surface area contributed by atoms with Crippen molar-refractivity contribution in [3.63, 3.8) is 0 Å². The van der Waals surface area contributed by atoms with Gasteiger partial charge in [0.2, 0.25) is 0 Å². The number of rotatable bonds is 3. The van der Waals surface area contributed by atoms with Crippen molar-refractivity contribution >= 4 is 23.0 Å². The van der Waals surface area contributed by atoms with E-state index >= 15 is 0 Å². The third kappa shape index (κ3) is 3.06. The first-order valence-electron chi connectivity index (χ1n) is 6.15. The van der Waals surface area contributed by atoms with E-state index in [0.29, 0.717) is 22.6 Å². The molecular formula is C15H16FN3O. The van der Waals surface area contributed by atoms with Gasteiger partial charge in [0.25, 0.3) is 5.91 Å². The molecule has 0 aliphatic rings. The van der Waals surface area contributed by atoms with Gasteiger partial charge in [-0.05, 0) is 48.9 Å². The summed E-state index contributed by atoms with van der Waals surface area (Å²) in [6.07, 6.45) is 0. The molecule has 0 saturated carbocycles. The molecule has 0 aliphatic carbocycles. The summed E-state index contributed by atoms with van der Waals surface area (Å²) in [5.41, 5.74) is 8.79. The van der Waals surface area contributed by atoms with Gasteiger partial charge < -0.3 is 16.4 Å². The summed E-state index contributed by atoms with van der Waals surface area (Å²) in [7, 11) is 1.56. The highest BCUT2D eigenvalue weighted by Gasteiger charge is 2.07. The molecular weight excluding hydrogens is 257 g/mol. The van der Waals surface area contributed by atoms with Gasteiger partial charge >= 0.3 is 0 Å². The Bertz CT molecular complexity index is 635. The van der Waals surface area contributed by atoms with Crippen LogP contribution in [0.2, 0.25) is 0 Å². The maximum atomic E-state index is 13.4. The van der Waals surface area contributed by atoms with E-state index in [1.54, 1.807) is 38.2 Å². The quantitative estimate of drug-likeness (QED) is 0.753. The molecule has 4 nitrogen and oxygen atoms in total. The molecule has 0 aromatic heterocycles. The Kier molecular flexibility index (Phi) is 3.89. The van der Waals surface area contributed by atoms with E-state index in [2.05, 4.69) is 10.6 Å². The van der Waals surface area contributed by atoms with E-state index < -0.39 is 0 Å². The predicted octanol–water partition coefficient (Wildman–Crippen LogP) is 2.82. The normalized spacial score (nSPS) is 10.2. The molecule has 0 fully saturated rings. The molecule has 0 saturated heterocycles. The molecule has 4 N–H and O–H groups in total. The van der Waals surface area contributed by atoms with Crippen molar-refractivity contribution in [3.05, 3.63) is 53.3 Å². The monoisotopic (exact) mass is 273 g/mol. The number of nitrogens with two attached hydrogens (primary N) is 1. The highest BCUT2D eigenvalue weighted by Crippen LogP contribution is 2.25. The molecule has 2 aromatic rings. The average Bonchev–Trinajstić information content (AvgIpc) is 2.39. The molecule has 0 atom stereocenters. The highest BCUT2D eigenvalue weighted by atomic mass is 19.1. The smallest absolute Gasteiger partial charge is 0.251 e. The van der Waals surface area contributed by atoms with Crippen LogP contribution in [-0.4, -0.2) is 13.0 Å². The van der Waals surface area contributed by atoms with Crippen LogP contribution in [0.4, 0.5) is 21.5 Å². The van der Waals surface area contributed by atoms with E-state index in [4.69, 9.17) is 5.73 Å². The summed E-state index contributed by atoms with van der Waals surface area (Å²) in [6.45, 7) is 1.80. The Morgan fingerprint density at radius 3 is 2.60 bits per heavy atom. The van der Waals surface area contributed by atoms with E-state index in [9.17, 15) is 9.18 Å². The van der Waals surface area contributed by atoms with Crippen molar-refractivity contribution in [3.8, 4) is 0 Å². The number of nitrogens with one attached hydrogen (secondary N) is 2. The lowest BCUT2D eigenvalue weighted by Gasteiger charge is -2.12. The van der Waals surface area contributed by atoms with Crippen molar-refractivity contribution < 1.29 is 9.18 Å². The zero-order chi connectivity index (χ0) is 14.7. The lowest BCUT2D eigenvalue weighted by Crippen LogP contribution is -2.18. The van der Waals surface area contributed by atoms with Crippen molar-refractivity contribution in [2.45, 2.75) is 6.92 Å². The molecule has 0 spiro atoms. The van der Waals surface area contributed by atoms with Gasteiger partial charge in [0.1, 0.15) is 5.82 Å². The molecule has 0 heterocycles. The summed E-state index contributed by atoms with van der Waals surface area (Å²) < 4.78 is 13.4. The summed E-state index contributed by atoms with van der Waals surface area (Å²) in [5, 5.41) is 5.57. The Balaban J connectivity index is 2.34. The SMILES string of the molecule is CNC(=O)c1ccc(N)c(Nc2cc(C)cc(F)c2)c1. The van der Waals surface area contributed by atoms with E-state index in [1.165, 1.54) is 12.1 Å². The van der Waals surface area contributed by atoms with Gasteiger partial charge in [-0.2, -0.15) is 0 Å². The lowest BCUT2D eigenvalue weighted by atomic mass is 10.1. The van der Waals surface area contributed by atoms with Gasteiger partial charge in [-0.25, -0.2) is 4.39 Å². The van der Waals surface area contributed by atoms with Crippen LogP contribution in [0.3, 0.4) is 0 Å². The van der Waals surface area contributed by atoms with Gasteiger partial charge in [0.05, 0.1) is 11.4 Å². The van der Waals surface area contributed by atoms with Crippen LogP contribution in [-0.2, 0) is 0 Å². The minimum atomic E-state index is -0.325. The fraction of sp³-hybridized carbons (Fsp3) is 0.133. The fourth-order valence-electron chi connectivity index (χ4n) is 1.91. The summed E-state index contributed by atoms with van der Waals surface area (Å²) >= 11 is 0. The minimum absolute atomic E-state index is 0.205. The Labute approximate surface area is 116 Å². The van der Waals surface area contributed by atoms with Crippen LogP contribution in [0.5, 0.6) is 0 Å². The Morgan fingerprint density at radius 1 is 1.20 bits per heavy atom. The fourth-order valence-corrected chi connectivity index (χ4v) is 1.91. The zero-order valence-electron chi connectivity index (χ0n) is 11.3. The minimum Gasteiger partial charge on any atom is -0.397 e. The average molecular weight is 273 g/mol. The number of hydrogen-bond donors (Lipinski definition) is 3. The number of anilines is 3. The van der Waals surface area contributed by atoms with Crippen molar-refractivity contribution in [2.75, 3.05) is 18.1 Å². The standard InChI is InChI=1S/C15H16FN3O/c1-9-5-11(16)8-12(6-9)19-14-7-10(15(20)18-2)3-4-13(14)17/h3-8,19H,17H2,1-2H3,(H,18,20). The summed E-state index contributed by atoms with van der Waals surface area (Å²) in [4.78, 5) is 11.6. The maximum Gasteiger partial charge on any atom is 0.251 e. The number of carbonyl (C=O) groups is 1. The topological polar surface area (TPSA) is 67.2 Å². The van der Waals surface area contributed by atoms with Crippen molar-refractivity contribution in [2.24, 2.45) is 0 Å². The molecule has 0 unspecified atom stereocenters. The number of amides is 1. The van der Waals surface area contributed by atoms with Crippen molar-refractivity contribution in [1.29, 1.82) is 0 Å². The van der Waals surface area contributed by atoms with Gasteiger partial charge in [-0.15, -0.1) is 0 Å². The van der Waals surface area contributed by atoms with Crippen LogP contribution in [0.15, 0.2) is 36.4 Å². The number of halogens is 1. The van der Waals surface area contributed by atoms with E-state index in [1.807, 2.05) is 0 Å². The van der Waals surface area contributed by atoms with Gasteiger partial charge in [0, 0.05) is 18.3 Å². The van der Waals surface area contributed by atoms with Crippen LogP contribution in [0.1, 0.15) is 15.9 Å². The predicted molar refractivity (Wildman–Crippen MR) is 78.7 cm³/mol. The van der Waals surface area contributed by atoms with Gasteiger partial charge in [-0.1, -0.05) is 0 Å². The first-order valence-corrected chi connectivity index (χ1v) is 6.15. The number of benzene rings is 2. The number of aryl methyl sites for hydroxylation is 1. The second kappa shape index (κ2) is 5.61. The van der Waals surface area contributed by atoms with Crippen LogP contribution >= 0.6 is 0 Å². The first-order chi connectivity index (χ1) is 9.49. The van der Waals surface area contributed by atoms with Crippen LogP contribution in [0.25, 0.3) is 0 Å². The number of nitrogen functional groups attached to an aromatic ring is 1. The molecule has 0 aliphatic heterocycles. The number of carbonyl (C=O) groups excluding carboxylic acids is 1. The third-order valence-corrected chi connectivity index (χ3v) is 2.86. The van der Waals surface area contributed by atoms with E-state index in [-0.39, 0.29) is 11.7 Å². The van der Waals surface area contributed by atoms with Gasteiger partial charge in [0.15, 0.2) is 0 Å². The zero-order valence-corrected chi connectivity index (χ0v) is 11.3. The van der Waals surface area contributed by atoms with Crippen LogP contribution < -0.4 is 16.4 Å². The first kappa shape index (κ1) is 13.9. The second-order valence-corrected chi connectivity index (χ2v) is 4.52. The third-order valence-electron chi connectivity index (χ3n) is 2.86. The molecule has 5 heteroatoms. The molecule has 0 bridgehead atoms. The molecule has 20 heavy (non-hydrogen) atoms. The summed E-state index contributed by atoms with van der Waals surface area (Å²) in [5.74, 6) is -0.531. The van der Waals surface area contributed by atoms with Crippen LogP contribution in [0, 0.1) is 12.7 Å². The van der Waals surface area contributed by atoms with Crippen molar-refractivity contribution in [1.82, 2.24) is 5.32 Å². The molecule has 104 valence electrons. The second-order valence-electron chi connectivity index (χ2n) is 4.52. The summed E-state index contributed by atoms with van der Waals surface area (Å²) in [6, 6.07) is 9.52. The highest BCUT2D eigenvalue weighted by molar-refractivity contribution is 5.96. The molecule has 1 amide bonds. The Hall–Kier alpha value is -2.56. The lowest BCUT2D eigenvalue weighted by molar-refractivity contribution is 0.0963. The Morgan fingerprint density at radius 2 is 1.95 bits per heavy atom. The molecule has 2 aromatic carbocycles. The number of hydrogen-bond acceptors (Lipinski definition) is 3. The van der Waals surface area contributed by atoms with Gasteiger partial charge in [-0.3, -0.25) is 4.79 Å². The molecule has 0 radical (unpaired) electrons. The largest absolute Gasteiger partial charge is 0.397 e. The maximum absolute atomic E-state index is 13.4. The molecule has 2 rings (SSSR count).